The minimum atomic E-state index is -0.836. The van der Waals surface area contributed by atoms with Gasteiger partial charge in [-0.15, -0.1) is 0 Å². The van der Waals surface area contributed by atoms with Gasteiger partial charge in [0, 0.05) is 13.0 Å². The van der Waals surface area contributed by atoms with Crippen LogP contribution in [-0.2, 0) is 11.2 Å². The number of nitrogens with one attached hydrogen (secondary N) is 3. The number of carboxylic acids is 1. The molecule has 0 aromatic heterocycles. The van der Waals surface area contributed by atoms with Crippen molar-refractivity contribution in [1.29, 1.82) is 0 Å². The number of carboxylic acid groups (broad SMARTS) is 1. The predicted molar refractivity (Wildman–Crippen MR) is 138 cm³/mol. The zero-order valence-electron chi connectivity index (χ0n) is 20.4. The molecule has 0 bridgehead atoms. The normalized spacial score (nSPS) is 22.7. The quantitative estimate of drug-likeness (QED) is 0.407. The lowest BCUT2D eigenvalue weighted by molar-refractivity contribution is -0.138. The van der Waals surface area contributed by atoms with Crippen molar-refractivity contribution in [2.45, 2.75) is 38.3 Å². The molecule has 0 fully saturated rings. The maximum atomic E-state index is 15.1. The zero-order chi connectivity index (χ0) is 24.9. The molecule has 1 aliphatic heterocycles. The van der Waals surface area contributed by atoms with Crippen molar-refractivity contribution in [3.8, 4) is 5.75 Å². The number of allylic oxidation sites excluding steroid dienone is 3. The molecule has 0 amide bonds. The lowest BCUT2D eigenvalue weighted by Crippen LogP contribution is -2.54. The highest BCUT2D eigenvalue weighted by Gasteiger charge is 2.39. The van der Waals surface area contributed by atoms with Gasteiger partial charge in [-0.25, -0.2) is 4.39 Å². The molecule has 4 N–H and O–H groups in total. The van der Waals surface area contributed by atoms with Crippen molar-refractivity contribution in [2.24, 2.45) is 11.8 Å². The molecule has 4 rings (SSSR count). The minimum Gasteiger partial charge on any atom is -0.483 e. The van der Waals surface area contributed by atoms with Crippen molar-refractivity contribution >= 4 is 17.3 Å². The Balaban J connectivity index is 1.50. The van der Waals surface area contributed by atoms with E-state index in [-0.39, 0.29) is 29.8 Å². The molecule has 7 heteroatoms. The van der Waals surface area contributed by atoms with Crippen LogP contribution in [0.3, 0.4) is 0 Å². The van der Waals surface area contributed by atoms with Crippen molar-refractivity contribution in [3.05, 3.63) is 77.6 Å². The zero-order valence-corrected chi connectivity index (χ0v) is 20.4. The molecule has 3 unspecified atom stereocenters. The summed E-state index contributed by atoms with van der Waals surface area (Å²) in [6.07, 6.45) is 5.83. The summed E-state index contributed by atoms with van der Waals surface area (Å²) in [6.45, 7) is 4.92. The number of aliphatic carboxylic acids is 1. The summed E-state index contributed by atoms with van der Waals surface area (Å²) in [6, 6.07) is 13.3. The van der Waals surface area contributed by atoms with Crippen LogP contribution in [0.2, 0.25) is 0 Å². The maximum Gasteiger partial charge on any atom is 0.310 e. The molecule has 0 radical (unpaired) electrons. The van der Waals surface area contributed by atoms with E-state index in [0.29, 0.717) is 13.1 Å². The fourth-order valence-electron chi connectivity index (χ4n) is 4.90. The van der Waals surface area contributed by atoms with Crippen LogP contribution in [0.4, 0.5) is 15.8 Å². The van der Waals surface area contributed by atoms with Crippen LogP contribution >= 0.6 is 0 Å². The van der Waals surface area contributed by atoms with Gasteiger partial charge in [-0.2, -0.15) is 0 Å². The van der Waals surface area contributed by atoms with E-state index >= 15 is 4.39 Å². The first-order chi connectivity index (χ1) is 16.9. The molecular weight excluding hydrogens is 445 g/mol. The lowest BCUT2D eigenvalue weighted by Gasteiger charge is -2.40. The molecule has 1 aliphatic carbocycles. The van der Waals surface area contributed by atoms with Crippen LogP contribution < -0.4 is 20.7 Å². The summed E-state index contributed by atoms with van der Waals surface area (Å²) in [4.78, 5) is 11.2. The van der Waals surface area contributed by atoms with Crippen LogP contribution in [0.1, 0.15) is 30.9 Å². The number of rotatable bonds is 9. The molecule has 5 atom stereocenters. The fourth-order valence-corrected chi connectivity index (χ4v) is 4.90. The summed E-state index contributed by atoms with van der Waals surface area (Å²) >= 11 is 0. The Morgan fingerprint density at radius 3 is 2.71 bits per heavy atom. The van der Waals surface area contributed by atoms with Crippen LogP contribution in [0.25, 0.3) is 0 Å². The van der Waals surface area contributed by atoms with Gasteiger partial charge < -0.3 is 25.8 Å². The largest absolute Gasteiger partial charge is 0.483 e. The van der Waals surface area contributed by atoms with E-state index in [2.05, 4.69) is 16.0 Å². The number of benzene rings is 2. The number of hydrogen-bond acceptors (Lipinski definition) is 5. The summed E-state index contributed by atoms with van der Waals surface area (Å²) in [5, 5.41) is 19.5. The molecule has 2 aromatic rings. The second-order valence-corrected chi connectivity index (χ2v) is 9.32. The van der Waals surface area contributed by atoms with Crippen LogP contribution in [0.5, 0.6) is 5.75 Å². The molecule has 1 heterocycles. The number of para-hydroxylation sites is 1. The minimum absolute atomic E-state index is 0.0267. The lowest BCUT2D eigenvalue weighted by atomic mass is 9.80. The number of halogens is 1. The summed E-state index contributed by atoms with van der Waals surface area (Å²) in [7, 11) is 1.86. The Morgan fingerprint density at radius 1 is 1.26 bits per heavy atom. The molecule has 2 aliphatic rings. The molecule has 0 saturated carbocycles. The molecule has 0 spiro atoms. The molecule has 6 nitrogen and oxygen atoms in total. The smallest absolute Gasteiger partial charge is 0.310 e. The van der Waals surface area contributed by atoms with Crippen LogP contribution in [-0.4, -0.2) is 43.4 Å². The van der Waals surface area contributed by atoms with Crippen LogP contribution in [0, 0.1) is 11.8 Å². The number of hydrogen-bond donors (Lipinski definition) is 4. The molecular formula is C28H34FN3O3. The van der Waals surface area contributed by atoms with Gasteiger partial charge in [0.1, 0.15) is 11.9 Å². The van der Waals surface area contributed by atoms with Gasteiger partial charge in [-0.1, -0.05) is 49.4 Å². The van der Waals surface area contributed by atoms with Crippen molar-refractivity contribution in [1.82, 2.24) is 5.32 Å². The monoisotopic (exact) mass is 479 g/mol. The van der Waals surface area contributed by atoms with E-state index in [1.165, 1.54) is 0 Å². The van der Waals surface area contributed by atoms with E-state index in [1.54, 1.807) is 19.1 Å². The highest BCUT2D eigenvalue weighted by Crippen LogP contribution is 2.39. The van der Waals surface area contributed by atoms with E-state index in [0.717, 1.165) is 34.7 Å². The Labute approximate surface area is 206 Å². The Hall–Kier alpha value is -3.32. The SMILES string of the molecule is CNc1cccc2c1O[C@@H]([C@H](NCCc1ccc(C(C)C(=O)O)cc1)C1C(F)=CC=CC1C)CN2. The number of fused-ring (bicyclic) bond motifs is 1. The highest BCUT2D eigenvalue weighted by atomic mass is 19.1. The van der Waals surface area contributed by atoms with Gasteiger partial charge >= 0.3 is 5.97 Å². The van der Waals surface area contributed by atoms with Crippen molar-refractivity contribution < 1.29 is 19.0 Å². The number of carbonyl (C=O) groups is 1. The third-order valence-corrected chi connectivity index (χ3v) is 7.03. The fraction of sp³-hybridized carbons (Fsp3) is 0.393. The van der Waals surface area contributed by atoms with Crippen molar-refractivity contribution in [3.63, 3.8) is 0 Å². The Kier molecular flexibility index (Phi) is 7.76. The molecule has 186 valence electrons. The van der Waals surface area contributed by atoms with Gasteiger partial charge in [0.15, 0.2) is 5.75 Å². The highest BCUT2D eigenvalue weighted by molar-refractivity contribution is 5.75. The number of anilines is 2. The van der Waals surface area contributed by atoms with Gasteiger partial charge in [-0.05, 0) is 55.1 Å². The summed E-state index contributed by atoms with van der Waals surface area (Å²) < 4.78 is 21.6. The van der Waals surface area contributed by atoms with Crippen molar-refractivity contribution in [2.75, 3.05) is 30.8 Å². The van der Waals surface area contributed by atoms with Gasteiger partial charge in [0.2, 0.25) is 0 Å². The van der Waals surface area contributed by atoms with E-state index in [4.69, 9.17) is 4.74 Å². The first-order valence-electron chi connectivity index (χ1n) is 12.2. The average Bonchev–Trinajstić information content (AvgIpc) is 2.86. The second kappa shape index (κ2) is 11.0. The van der Waals surface area contributed by atoms with E-state index in [9.17, 15) is 9.90 Å². The van der Waals surface area contributed by atoms with Crippen LogP contribution in [0.15, 0.2) is 66.5 Å². The van der Waals surface area contributed by atoms with E-state index in [1.807, 2.05) is 62.5 Å². The first-order valence-corrected chi connectivity index (χ1v) is 12.2. The second-order valence-electron chi connectivity index (χ2n) is 9.32. The number of ether oxygens (including phenoxy) is 1. The third-order valence-electron chi connectivity index (χ3n) is 7.03. The molecule has 35 heavy (non-hydrogen) atoms. The topological polar surface area (TPSA) is 82.6 Å². The van der Waals surface area contributed by atoms with Gasteiger partial charge in [-0.3, -0.25) is 4.79 Å². The Bertz CT molecular complexity index is 1080. The van der Waals surface area contributed by atoms with Gasteiger partial charge in [0.05, 0.1) is 29.9 Å². The molecule has 0 saturated heterocycles. The third kappa shape index (κ3) is 5.51. The average molecular weight is 480 g/mol. The summed E-state index contributed by atoms with van der Waals surface area (Å²) in [5.41, 5.74) is 3.69. The predicted octanol–water partition coefficient (Wildman–Crippen LogP) is 4.97. The Morgan fingerprint density at radius 2 is 2.03 bits per heavy atom. The standard InChI is InChI=1S/C28H34FN3O3/c1-17-6-4-7-21(29)25(17)26(24-16-32-23-9-5-8-22(30-3)27(23)35-24)31-15-14-19-10-12-20(13-11-19)18(2)28(33)34/h4-13,17-18,24-26,30-32H,14-16H2,1-3H3,(H,33,34)/t17?,18?,24-,25?,26+/m1/s1. The molecule has 2 aromatic carbocycles. The summed E-state index contributed by atoms with van der Waals surface area (Å²) in [5.74, 6) is -1.07. The van der Waals surface area contributed by atoms with E-state index < -0.39 is 11.9 Å². The van der Waals surface area contributed by atoms with Gasteiger partial charge in [0.25, 0.3) is 0 Å². The first kappa shape index (κ1) is 24.8. The maximum absolute atomic E-state index is 15.1.